The zero-order valence-corrected chi connectivity index (χ0v) is 20.3. The standard InChI is InChI=1S/C26H29ClN2O5/c1-31-23-9-7-16(14-24(23)32-2)18-5-4-6-20-19(18)8-10-22(20)34-26-21(27)13-17(15-28-11-12-30)25(29-26)33-3/h4-7,9,13-14,22,28,30H,8,10-12,15H2,1-3H3/t22-/m0/s1. The zero-order chi connectivity index (χ0) is 24.1. The lowest BCUT2D eigenvalue weighted by Crippen LogP contribution is -2.18. The van der Waals surface area contributed by atoms with Gasteiger partial charge in [-0.2, -0.15) is 4.98 Å². The molecule has 0 amide bonds. The maximum Gasteiger partial charge on any atom is 0.236 e. The summed E-state index contributed by atoms with van der Waals surface area (Å²) in [5.74, 6) is 2.19. The summed E-state index contributed by atoms with van der Waals surface area (Å²) < 4.78 is 22.6. The molecule has 0 fully saturated rings. The van der Waals surface area contributed by atoms with Crippen LogP contribution in [0.3, 0.4) is 0 Å². The van der Waals surface area contributed by atoms with E-state index in [1.807, 2.05) is 24.3 Å². The summed E-state index contributed by atoms with van der Waals surface area (Å²) >= 11 is 6.52. The zero-order valence-electron chi connectivity index (χ0n) is 19.6. The second kappa shape index (κ2) is 11.0. The van der Waals surface area contributed by atoms with Gasteiger partial charge >= 0.3 is 0 Å². The van der Waals surface area contributed by atoms with Crippen LogP contribution < -0.4 is 24.3 Å². The van der Waals surface area contributed by atoms with Crippen molar-refractivity contribution < 1.29 is 24.1 Å². The van der Waals surface area contributed by atoms with Crippen LogP contribution in [0.5, 0.6) is 23.3 Å². The quantitative estimate of drug-likeness (QED) is 0.408. The number of nitrogens with zero attached hydrogens (tertiary/aromatic N) is 1. The number of benzene rings is 2. The molecular formula is C26H29ClN2O5. The second-order valence-electron chi connectivity index (χ2n) is 7.93. The van der Waals surface area contributed by atoms with E-state index >= 15 is 0 Å². The van der Waals surface area contributed by atoms with Gasteiger partial charge in [0, 0.05) is 18.7 Å². The van der Waals surface area contributed by atoms with E-state index in [2.05, 4.69) is 22.4 Å². The van der Waals surface area contributed by atoms with Crippen molar-refractivity contribution in [1.29, 1.82) is 0 Å². The molecule has 0 radical (unpaired) electrons. The molecule has 2 N–H and O–H groups in total. The number of aliphatic hydroxyl groups is 1. The first kappa shape index (κ1) is 24.1. The van der Waals surface area contributed by atoms with Crippen molar-refractivity contribution in [2.45, 2.75) is 25.5 Å². The van der Waals surface area contributed by atoms with Gasteiger partial charge in [-0.05, 0) is 53.3 Å². The van der Waals surface area contributed by atoms with Crippen LogP contribution >= 0.6 is 11.6 Å². The molecule has 34 heavy (non-hydrogen) atoms. The van der Waals surface area contributed by atoms with E-state index in [-0.39, 0.29) is 12.7 Å². The number of aliphatic hydroxyl groups excluding tert-OH is 1. The van der Waals surface area contributed by atoms with E-state index in [4.69, 9.17) is 35.7 Å². The fraction of sp³-hybridized carbons (Fsp3) is 0.346. The summed E-state index contributed by atoms with van der Waals surface area (Å²) in [6, 6.07) is 14.0. The van der Waals surface area contributed by atoms with Crippen molar-refractivity contribution in [2.24, 2.45) is 0 Å². The molecule has 8 heteroatoms. The molecule has 2 aromatic carbocycles. The summed E-state index contributed by atoms with van der Waals surface area (Å²) in [6.45, 7) is 1.01. The fourth-order valence-corrected chi connectivity index (χ4v) is 4.55. The van der Waals surface area contributed by atoms with Crippen molar-refractivity contribution in [3.63, 3.8) is 0 Å². The third-order valence-corrected chi connectivity index (χ3v) is 6.22. The van der Waals surface area contributed by atoms with Crippen molar-refractivity contribution >= 4 is 11.6 Å². The topological polar surface area (TPSA) is 82.1 Å². The Morgan fingerprint density at radius 1 is 1.03 bits per heavy atom. The van der Waals surface area contributed by atoms with Crippen LogP contribution in [-0.2, 0) is 13.0 Å². The van der Waals surface area contributed by atoms with Gasteiger partial charge in [0.25, 0.3) is 0 Å². The normalized spacial score (nSPS) is 14.6. The predicted octanol–water partition coefficient (Wildman–Crippen LogP) is 4.58. The van der Waals surface area contributed by atoms with Gasteiger partial charge in [0.15, 0.2) is 11.5 Å². The Labute approximate surface area is 204 Å². The first-order valence-electron chi connectivity index (χ1n) is 11.1. The molecule has 0 unspecified atom stereocenters. The van der Waals surface area contributed by atoms with E-state index in [1.54, 1.807) is 27.4 Å². The molecular weight excluding hydrogens is 456 g/mol. The third-order valence-electron chi connectivity index (χ3n) is 5.94. The summed E-state index contributed by atoms with van der Waals surface area (Å²) in [6.07, 6.45) is 1.53. The highest BCUT2D eigenvalue weighted by molar-refractivity contribution is 6.31. The fourth-order valence-electron chi connectivity index (χ4n) is 4.33. The Kier molecular flexibility index (Phi) is 7.77. The highest BCUT2D eigenvalue weighted by Crippen LogP contribution is 2.43. The molecule has 0 aliphatic heterocycles. The maximum atomic E-state index is 8.98. The minimum atomic E-state index is -0.164. The third kappa shape index (κ3) is 4.92. The lowest BCUT2D eigenvalue weighted by molar-refractivity contribution is 0.196. The predicted molar refractivity (Wildman–Crippen MR) is 131 cm³/mol. The van der Waals surface area contributed by atoms with Crippen LogP contribution in [0.1, 0.15) is 29.2 Å². The number of ether oxygens (including phenoxy) is 4. The molecule has 7 nitrogen and oxygen atoms in total. The average Bonchev–Trinajstić information content (AvgIpc) is 3.28. The molecule has 0 bridgehead atoms. The van der Waals surface area contributed by atoms with Crippen molar-refractivity contribution in [2.75, 3.05) is 34.5 Å². The Morgan fingerprint density at radius 2 is 1.85 bits per heavy atom. The molecule has 1 aliphatic rings. The van der Waals surface area contributed by atoms with Crippen LogP contribution in [0, 0.1) is 0 Å². The first-order chi connectivity index (χ1) is 16.6. The molecule has 4 rings (SSSR count). The molecule has 0 saturated heterocycles. The van der Waals surface area contributed by atoms with Crippen LogP contribution in [-0.4, -0.2) is 44.6 Å². The molecule has 1 atom stereocenters. The summed E-state index contributed by atoms with van der Waals surface area (Å²) in [5, 5.41) is 12.5. The van der Waals surface area contributed by atoms with Crippen molar-refractivity contribution in [3.05, 3.63) is 64.2 Å². The Bertz CT molecular complexity index is 1150. The van der Waals surface area contributed by atoms with Gasteiger partial charge in [-0.3, -0.25) is 0 Å². The number of pyridine rings is 1. The van der Waals surface area contributed by atoms with Gasteiger partial charge in [-0.1, -0.05) is 35.9 Å². The van der Waals surface area contributed by atoms with Crippen LogP contribution in [0.15, 0.2) is 42.5 Å². The molecule has 0 saturated carbocycles. The second-order valence-corrected chi connectivity index (χ2v) is 8.34. The lowest BCUT2D eigenvalue weighted by Gasteiger charge is -2.18. The molecule has 0 spiro atoms. The Hall–Kier alpha value is -3.00. The highest BCUT2D eigenvalue weighted by Gasteiger charge is 2.28. The minimum Gasteiger partial charge on any atom is -0.493 e. The SMILES string of the molecule is COc1ccc(-c2cccc3c2CC[C@@H]3Oc2nc(OC)c(CNCCO)cc2Cl)cc1OC. The number of hydrogen-bond acceptors (Lipinski definition) is 7. The smallest absolute Gasteiger partial charge is 0.236 e. The highest BCUT2D eigenvalue weighted by atomic mass is 35.5. The monoisotopic (exact) mass is 484 g/mol. The average molecular weight is 485 g/mol. The molecule has 1 heterocycles. The molecule has 1 aliphatic carbocycles. The number of nitrogens with one attached hydrogen (secondary N) is 1. The van der Waals surface area contributed by atoms with E-state index in [9.17, 15) is 0 Å². The van der Waals surface area contributed by atoms with Crippen molar-refractivity contribution in [1.82, 2.24) is 10.3 Å². The van der Waals surface area contributed by atoms with Gasteiger partial charge in [0.1, 0.15) is 11.1 Å². The van der Waals surface area contributed by atoms with E-state index in [0.717, 1.165) is 35.1 Å². The first-order valence-corrected chi connectivity index (χ1v) is 11.5. The Morgan fingerprint density at radius 3 is 2.59 bits per heavy atom. The number of rotatable bonds is 10. The number of halogens is 1. The molecule has 3 aromatic rings. The Balaban J connectivity index is 1.60. The number of methoxy groups -OCH3 is 3. The maximum absolute atomic E-state index is 8.98. The summed E-state index contributed by atoms with van der Waals surface area (Å²) in [7, 11) is 4.84. The summed E-state index contributed by atoms with van der Waals surface area (Å²) in [4.78, 5) is 4.52. The summed E-state index contributed by atoms with van der Waals surface area (Å²) in [5.41, 5.74) is 5.38. The van der Waals surface area contributed by atoms with E-state index in [0.29, 0.717) is 41.4 Å². The van der Waals surface area contributed by atoms with Gasteiger partial charge in [-0.15, -0.1) is 0 Å². The molecule has 180 valence electrons. The number of aromatic nitrogens is 1. The van der Waals surface area contributed by atoms with Crippen LogP contribution in [0.2, 0.25) is 5.02 Å². The van der Waals surface area contributed by atoms with Gasteiger partial charge in [0.05, 0.1) is 27.9 Å². The van der Waals surface area contributed by atoms with Crippen LogP contribution in [0.25, 0.3) is 11.1 Å². The minimum absolute atomic E-state index is 0.0526. The van der Waals surface area contributed by atoms with Gasteiger partial charge in [-0.25, -0.2) is 0 Å². The van der Waals surface area contributed by atoms with Gasteiger partial charge in [0.2, 0.25) is 11.8 Å². The van der Waals surface area contributed by atoms with Gasteiger partial charge < -0.3 is 29.4 Å². The largest absolute Gasteiger partial charge is 0.493 e. The van der Waals surface area contributed by atoms with Crippen LogP contribution in [0.4, 0.5) is 0 Å². The lowest BCUT2D eigenvalue weighted by atomic mass is 9.96. The molecule has 1 aromatic heterocycles. The van der Waals surface area contributed by atoms with Crippen molar-refractivity contribution in [3.8, 4) is 34.4 Å². The number of hydrogen-bond donors (Lipinski definition) is 2. The van der Waals surface area contributed by atoms with E-state index in [1.165, 1.54) is 5.56 Å². The van der Waals surface area contributed by atoms with E-state index < -0.39 is 0 Å². The number of fused-ring (bicyclic) bond motifs is 1.